The molecule has 6 nitrogen and oxygen atoms in total. The SMILES string of the molecule is Cc1c(C(=O)NC2(c3cccc(F)c3)CC2)nnn1C1CCNCC1.Cl. The van der Waals surface area contributed by atoms with Crippen LogP contribution in [0.2, 0.25) is 0 Å². The van der Waals surface area contributed by atoms with Crippen LogP contribution in [0.15, 0.2) is 24.3 Å². The van der Waals surface area contributed by atoms with Crippen molar-refractivity contribution in [3.05, 3.63) is 47.0 Å². The zero-order chi connectivity index (χ0) is 17.4. The number of aromatic nitrogens is 3. The lowest BCUT2D eigenvalue weighted by Crippen LogP contribution is -2.35. The van der Waals surface area contributed by atoms with Crippen LogP contribution in [0.3, 0.4) is 0 Å². The molecule has 1 amide bonds. The van der Waals surface area contributed by atoms with Gasteiger partial charge in [-0.25, -0.2) is 9.07 Å². The minimum atomic E-state index is -0.468. The van der Waals surface area contributed by atoms with Crippen LogP contribution in [0.4, 0.5) is 4.39 Å². The number of nitrogens with one attached hydrogen (secondary N) is 2. The molecule has 1 aromatic carbocycles. The van der Waals surface area contributed by atoms with E-state index < -0.39 is 5.54 Å². The molecule has 140 valence electrons. The van der Waals surface area contributed by atoms with Crippen LogP contribution in [0.25, 0.3) is 0 Å². The summed E-state index contributed by atoms with van der Waals surface area (Å²) in [5.41, 5.74) is 1.49. The number of benzene rings is 1. The first kappa shape index (κ1) is 18.8. The number of nitrogens with zero attached hydrogens (tertiary/aromatic N) is 3. The van der Waals surface area contributed by atoms with Gasteiger partial charge in [0.05, 0.1) is 17.3 Å². The molecule has 2 N–H and O–H groups in total. The minimum Gasteiger partial charge on any atom is -0.341 e. The molecule has 8 heteroatoms. The molecular formula is C18H23ClFN5O. The lowest BCUT2D eigenvalue weighted by Gasteiger charge is -2.23. The highest BCUT2D eigenvalue weighted by Crippen LogP contribution is 2.45. The van der Waals surface area contributed by atoms with Crippen molar-refractivity contribution in [2.75, 3.05) is 13.1 Å². The fourth-order valence-corrected chi connectivity index (χ4v) is 3.62. The number of carbonyl (C=O) groups is 1. The van der Waals surface area contributed by atoms with E-state index in [9.17, 15) is 9.18 Å². The number of piperidine rings is 1. The number of carbonyl (C=O) groups excluding carboxylic acids is 1. The van der Waals surface area contributed by atoms with E-state index in [0.29, 0.717) is 5.69 Å². The van der Waals surface area contributed by atoms with Gasteiger partial charge < -0.3 is 10.6 Å². The molecule has 1 aliphatic heterocycles. The maximum atomic E-state index is 13.5. The van der Waals surface area contributed by atoms with Crippen LogP contribution in [-0.4, -0.2) is 34.0 Å². The van der Waals surface area contributed by atoms with Crippen LogP contribution >= 0.6 is 12.4 Å². The standard InChI is InChI=1S/C18H22FN5O.ClH/c1-12-16(22-23-24(12)15-5-9-20-10-6-15)17(25)21-18(7-8-18)13-3-2-4-14(19)11-13;/h2-4,11,15,20H,5-10H2,1H3,(H,21,25);1H. The fraction of sp³-hybridized carbons (Fsp3) is 0.500. The molecule has 2 heterocycles. The van der Waals surface area contributed by atoms with Crippen molar-refractivity contribution >= 4 is 18.3 Å². The average molecular weight is 380 g/mol. The summed E-state index contributed by atoms with van der Waals surface area (Å²) in [7, 11) is 0. The van der Waals surface area contributed by atoms with E-state index in [-0.39, 0.29) is 30.2 Å². The topological polar surface area (TPSA) is 71.8 Å². The molecule has 2 aliphatic rings. The number of hydrogen-bond acceptors (Lipinski definition) is 4. The van der Waals surface area contributed by atoms with Crippen LogP contribution in [0, 0.1) is 12.7 Å². The summed E-state index contributed by atoms with van der Waals surface area (Å²) in [6, 6.07) is 6.72. The third kappa shape index (κ3) is 3.46. The molecule has 0 spiro atoms. The van der Waals surface area contributed by atoms with Crippen molar-refractivity contribution in [2.24, 2.45) is 0 Å². The second-order valence-corrected chi connectivity index (χ2v) is 7.00. The zero-order valence-corrected chi connectivity index (χ0v) is 15.5. The monoisotopic (exact) mass is 379 g/mol. The predicted octanol–water partition coefficient (Wildman–Crippen LogP) is 2.49. The molecule has 0 radical (unpaired) electrons. The highest BCUT2D eigenvalue weighted by atomic mass is 35.5. The molecule has 1 aromatic heterocycles. The van der Waals surface area contributed by atoms with Gasteiger partial charge in [0.2, 0.25) is 0 Å². The van der Waals surface area contributed by atoms with E-state index in [0.717, 1.165) is 50.0 Å². The lowest BCUT2D eigenvalue weighted by molar-refractivity contribution is 0.0925. The Bertz CT molecular complexity index is 799. The van der Waals surface area contributed by atoms with Gasteiger partial charge in [0.25, 0.3) is 5.91 Å². The first-order valence-corrected chi connectivity index (χ1v) is 8.80. The number of hydrogen-bond donors (Lipinski definition) is 2. The molecule has 2 fully saturated rings. The third-order valence-electron chi connectivity index (χ3n) is 5.28. The predicted molar refractivity (Wildman–Crippen MR) is 97.9 cm³/mol. The highest BCUT2D eigenvalue weighted by molar-refractivity contribution is 5.94. The van der Waals surface area contributed by atoms with E-state index in [1.807, 2.05) is 17.7 Å². The van der Waals surface area contributed by atoms with Crippen molar-refractivity contribution in [3.8, 4) is 0 Å². The van der Waals surface area contributed by atoms with Crippen molar-refractivity contribution in [3.63, 3.8) is 0 Å². The molecule has 1 saturated carbocycles. The third-order valence-corrected chi connectivity index (χ3v) is 5.28. The maximum Gasteiger partial charge on any atom is 0.274 e. The van der Waals surface area contributed by atoms with E-state index in [4.69, 9.17) is 0 Å². The number of amides is 1. The summed E-state index contributed by atoms with van der Waals surface area (Å²) in [6.07, 6.45) is 3.59. The summed E-state index contributed by atoms with van der Waals surface area (Å²) in [5.74, 6) is -0.523. The van der Waals surface area contributed by atoms with Gasteiger partial charge in [0, 0.05) is 0 Å². The summed E-state index contributed by atoms with van der Waals surface area (Å²) >= 11 is 0. The molecule has 1 aliphatic carbocycles. The van der Waals surface area contributed by atoms with Crippen molar-refractivity contribution in [1.82, 2.24) is 25.6 Å². The molecule has 2 aromatic rings. The van der Waals surface area contributed by atoms with E-state index in [1.54, 1.807) is 6.07 Å². The molecule has 1 saturated heterocycles. The van der Waals surface area contributed by atoms with Gasteiger partial charge >= 0.3 is 0 Å². The Morgan fingerprint density at radius 1 is 1.35 bits per heavy atom. The first-order valence-electron chi connectivity index (χ1n) is 8.80. The summed E-state index contributed by atoms with van der Waals surface area (Å²) in [5, 5.41) is 14.7. The Morgan fingerprint density at radius 2 is 2.08 bits per heavy atom. The molecule has 0 unspecified atom stereocenters. The van der Waals surface area contributed by atoms with Crippen LogP contribution < -0.4 is 10.6 Å². The van der Waals surface area contributed by atoms with Crippen molar-refractivity contribution < 1.29 is 9.18 Å². The Kier molecular flexibility index (Phi) is 5.29. The van der Waals surface area contributed by atoms with Gasteiger partial charge in [-0.2, -0.15) is 0 Å². The molecule has 0 atom stereocenters. The van der Waals surface area contributed by atoms with Gasteiger partial charge in [0.1, 0.15) is 5.82 Å². The largest absolute Gasteiger partial charge is 0.341 e. The first-order chi connectivity index (χ1) is 12.1. The molecule has 0 bridgehead atoms. The van der Waals surface area contributed by atoms with E-state index >= 15 is 0 Å². The summed E-state index contributed by atoms with van der Waals surface area (Å²) in [4.78, 5) is 12.7. The Morgan fingerprint density at radius 3 is 2.73 bits per heavy atom. The lowest BCUT2D eigenvalue weighted by atomic mass is 10.0. The number of rotatable bonds is 4. The average Bonchev–Trinajstić information content (AvgIpc) is 3.30. The second-order valence-electron chi connectivity index (χ2n) is 7.00. The smallest absolute Gasteiger partial charge is 0.274 e. The van der Waals surface area contributed by atoms with Crippen molar-refractivity contribution in [2.45, 2.75) is 44.2 Å². The van der Waals surface area contributed by atoms with Gasteiger partial charge in [0.15, 0.2) is 5.69 Å². The number of halogens is 2. The van der Waals surface area contributed by atoms with E-state index in [2.05, 4.69) is 20.9 Å². The van der Waals surface area contributed by atoms with Crippen LogP contribution in [0.5, 0.6) is 0 Å². The van der Waals surface area contributed by atoms with E-state index in [1.165, 1.54) is 12.1 Å². The molecule has 4 rings (SSSR count). The Balaban J connectivity index is 0.00000196. The van der Waals surface area contributed by atoms with Crippen molar-refractivity contribution in [1.29, 1.82) is 0 Å². The summed E-state index contributed by atoms with van der Waals surface area (Å²) in [6.45, 7) is 3.79. The van der Waals surface area contributed by atoms with Gasteiger partial charge in [-0.15, -0.1) is 17.5 Å². The Hall–Kier alpha value is -1.99. The maximum absolute atomic E-state index is 13.5. The molecular weight excluding hydrogens is 357 g/mol. The summed E-state index contributed by atoms with van der Waals surface area (Å²) < 4.78 is 15.4. The molecule has 26 heavy (non-hydrogen) atoms. The van der Waals surface area contributed by atoms with Gasteiger partial charge in [-0.05, 0) is 63.4 Å². The van der Waals surface area contributed by atoms with Gasteiger partial charge in [-0.1, -0.05) is 17.3 Å². The minimum absolute atomic E-state index is 0. The van der Waals surface area contributed by atoms with Crippen LogP contribution in [-0.2, 0) is 5.54 Å². The second kappa shape index (κ2) is 7.32. The zero-order valence-electron chi connectivity index (χ0n) is 14.7. The normalized spacial score (nSPS) is 18.8. The fourth-order valence-electron chi connectivity index (χ4n) is 3.62. The quantitative estimate of drug-likeness (QED) is 0.856. The van der Waals surface area contributed by atoms with Crippen LogP contribution in [0.1, 0.15) is 53.5 Å². The van der Waals surface area contributed by atoms with Gasteiger partial charge in [-0.3, -0.25) is 4.79 Å². The Labute approximate surface area is 158 Å². The highest BCUT2D eigenvalue weighted by Gasteiger charge is 2.46.